The lowest BCUT2D eigenvalue weighted by Gasteiger charge is -2.06. The highest BCUT2D eigenvalue weighted by Gasteiger charge is 2.17. The van der Waals surface area contributed by atoms with Crippen LogP contribution in [0.25, 0.3) is 27.4 Å². The highest BCUT2D eigenvalue weighted by molar-refractivity contribution is 6.17. The number of aromatic nitrogens is 1. The van der Waals surface area contributed by atoms with Crippen molar-refractivity contribution in [1.29, 1.82) is 0 Å². The van der Waals surface area contributed by atoms with Gasteiger partial charge in [0.15, 0.2) is 0 Å². The van der Waals surface area contributed by atoms with Crippen molar-refractivity contribution in [1.82, 2.24) is 4.57 Å². The van der Waals surface area contributed by atoms with E-state index in [1.165, 1.54) is 0 Å². The molecule has 0 spiro atoms. The molecule has 0 saturated carbocycles. The summed E-state index contributed by atoms with van der Waals surface area (Å²) in [6, 6.07) is 11.7. The minimum absolute atomic E-state index is 0.358. The predicted molar refractivity (Wildman–Crippen MR) is 91.4 cm³/mol. The Balaban J connectivity index is 2.50. The third-order valence-corrected chi connectivity index (χ3v) is 4.06. The number of benzene rings is 2. The molecule has 0 radical (unpaired) electrons. The zero-order valence-electron chi connectivity index (χ0n) is 12.9. The van der Waals surface area contributed by atoms with Gasteiger partial charge in [-0.2, -0.15) is 0 Å². The molecule has 3 nitrogen and oxygen atoms in total. The van der Waals surface area contributed by atoms with Crippen LogP contribution < -0.4 is 0 Å². The van der Waals surface area contributed by atoms with Crippen LogP contribution in [0.5, 0.6) is 0 Å². The molecular formula is C19H19NO2. The Bertz CT molecular complexity index is 903. The first kappa shape index (κ1) is 14.4. The molecule has 0 saturated heterocycles. The Morgan fingerprint density at radius 1 is 1.23 bits per heavy atom. The molecular weight excluding hydrogens is 274 g/mol. The molecule has 112 valence electrons. The average Bonchev–Trinajstić information content (AvgIpc) is 2.81. The van der Waals surface area contributed by atoms with E-state index in [0.29, 0.717) is 5.56 Å². The van der Waals surface area contributed by atoms with E-state index in [1.807, 2.05) is 19.1 Å². The van der Waals surface area contributed by atoms with Gasteiger partial charge in [-0.1, -0.05) is 31.2 Å². The van der Waals surface area contributed by atoms with Crippen molar-refractivity contribution >= 4 is 33.3 Å². The minimum Gasteiger partial charge on any atom is -0.478 e. The minimum atomic E-state index is -0.887. The standard InChI is InChI=1S/C19H19NO2/c1-4-10-20-16-9-8-13(12(2)3)11-15(16)18-14(19(21)22)6-5-7-17(18)20/h5-9,11H,2,4,10H2,1,3H3,(H,21,22). The van der Waals surface area contributed by atoms with E-state index in [4.69, 9.17) is 0 Å². The van der Waals surface area contributed by atoms with Crippen molar-refractivity contribution in [2.75, 3.05) is 0 Å². The van der Waals surface area contributed by atoms with Crippen LogP contribution >= 0.6 is 0 Å². The zero-order valence-corrected chi connectivity index (χ0v) is 12.9. The number of rotatable bonds is 4. The van der Waals surface area contributed by atoms with Crippen molar-refractivity contribution in [3.05, 3.63) is 54.1 Å². The van der Waals surface area contributed by atoms with Gasteiger partial charge in [0.2, 0.25) is 0 Å². The molecule has 22 heavy (non-hydrogen) atoms. The zero-order chi connectivity index (χ0) is 15.9. The number of carboxylic acid groups (broad SMARTS) is 1. The van der Waals surface area contributed by atoms with Gasteiger partial charge >= 0.3 is 5.97 Å². The fraction of sp³-hybridized carbons (Fsp3) is 0.211. The van der Waals surface area contributed by atoms with Gasteiger partial charge in [0.25, 0.3) is 0 Å². The van der Waals surface area contributed by atoms with Gasteiger partial charge in [-0.15, -0.1) is 0 Å². The number of fused-ring (bicyclic) bond motifs is 3. The summed E-state index contributed by atoms with van der Waals surface area (Å²) >= 11 is 0. The largest absolute Gasteiger partial charge is 0.478 e. The van der Waals surface area contributed by atoms with Gasteiger partial charge in [0, 0.05) is 28.4 Å². The Hall–Kier alpha value is -2.55. The van der Waals surface area contributed by atoms with E-state index in [1.54, 1.807) is 6.07 Å². The van der Waals surface area contributed by atoms with Crippen molar-refractivity contribution in [3.63, 3.8) is 0 Å². The number of aryl methyl sites for hydroxylation is 1. The van der Waals surface area contributed by atoms with Crippen molar-refractivity contribution in [3.8, 4) is 0 Å². The molecule has 3 rings (SSSR count). The first-order valence-electron chi connectivity index (χ1n) is 7.48. The number of carboxylic acids is 1. The molecule has 2 aromatic carbocycles. The van der Waals surface area contributed by atoms with Crippen molar-refractivity contribution in [2.24, 2.45) is 0 Å². The molecule has 0 fully saturated rings. The summed E-state index contributed by atoms with van der Waals surface area (Å²) in [5.74, 6) is -0.887. The van der Waals surface area contributed by atoms with Crippen LogP contribution in [0.4, 0.5) is 0 Å². The van der Waals surface area contributed by atoms with Crippen molar-refractivity contribution < 1.29 is 9.90 Å². The molecule has 1 N–H and O–H groups in total. The van der Waals surface area contributed by atoms with Gasteiger partial charge < -0.3 is 9.67 Å². The first-order chi connectivity index (χ1) is 10.5. The van der Waals surface area contributed by atoms with Crippen LogP contribution in [-0.2, 0) is 6.54 Å². The van der Waals surface area contributed by atoms with Crippen LogP contribution in [0, 0.1) is 0 Å². The molecule has 0 atom stereocenters. The number of hydrogen-bond donors (Lipinski definition) is 1. The highest BCUT2D eigenvalue weighted by atomic mass is 16.4. The number of aromatic carboxylic acids is 1. The number of allylic oxidation sites excluding steroid dienone is 1. The van der Waals surface area contributed by atoms with E-state index in [0.717, 1.165) is 45.9 Å². The summed E-state index contributed by atoms with van der Waals surface area (Å²) in [5.41, 5.74) is 4.44. The molecule has 0 aliphatic heterocycles. The molecule has 0 aliphatic rings. The summed E-state index contributed by atoms with van der Waals surface area (Å²) in [4.78, 5) is 11.6. The smallest absolute Gasteiger partial charge is 0.336 e. The normalized spacial score (nSPS) is 11.2. The topological polar surface area (TPSA) is 42.2 Å². The van der Waals surface area contributed by atoms with Gasteiger partial charge in [0.1, 0.15) is 0 Å². The summed E-state index contributed by atoms with van der Waals surface area (Å²) < 4.78 is 2.21. The van der Waals surface area contributed by atoms with Gasteiger partial charge in [-0.3, -0.25) is 0 Å². The highest BCUT2D eigenvalue weighted by Crippen LogP contribution is 2.33. The Morgan fingerprint density at radius 2 is 2.00 bits per heavy atom. The first-order valence-corrected chi connectivity index (χ1v) is 7.48. The molecule has 1 aromatic heterocycles. The molecule has 3 heteroatoms. The van der Waals surface area contributed by atoms with Crippen LogP contribution in [0.2, 0.25) is 0 Å². The fourth-order valence-corrected chi connectivity index (χ4v) is 3.06. The van der Waals surface area contributed by atoms with Gasteiger partial charge in [0.05, 0.1) is 5.56 Å². The quantitative estimate of drug-likeness (QED) is 0.740. The van der Waals surface area contributed by atoms with E-state index in [-0.39, 0.29) is 0 Å². The second kappa shape index (κ2) is 5.34. The molecule has 0 amide bonds. The maximum atomic E-state index is 11.6. The van der Waals surface area contributed by atoms with Crippen LogP contribution in [0.15, 0.2) is 43.0 Å². The van der Waals surface area contributed by atoms with E-state index in [9.17, 15) is 9.90 Å². The predicted octanol–water partition coefficient (Wildman–Crippen LogP) is 4.94. The number of nitrogens with zero attached hydrogens (tertiary/aromatic N) is 1. The fourth-order valence-electron chi connectivity index (χ4n) is 3.06. The molecule has 0 unspecified atom stereocenters. The second-order valence-electron chi connectivity index (χ2n) is 5.67. The summed E-state index contributed by atoms with van der Waals surface area (Å²) in [5, 5.41) is 11.3. The summed E-state index contributed by atoms with van der Waals surface area (Å²) in [7, 11) is 0. The third-order valence-electron chi connectivity index (χ3n) is 4.06. The average molecular weight is 293 g/mol. The van der Waals surface area contributed by atoms with Crippen molar-refractivity contribution in [2.45, 2.75) is 26.8 Å². The molecule has 0 aliphatic carbocycles. The SMILES string of the molecule is C=C(C)c1ccc2c(c1)c1c(C(=O)O)cccc1n2CCC. The van der Waals surface area contributed by atoms with Crippen LogP contribution in [0.1, 0.15) is 36.2 Å². The Kier molecular flexibility index (Phi) is 3.49. The Labute approximate surface area is 129 Å². The van der Waals surface area contributed by atoms with Crippen LogP contribution in [0.3, 0.4) is 0 Å². The number of carbonyl (C=O) groups is 1. The maximum Gasteiger partial charge on any atom is 0.336 e. The summed E-state index contributed by atoms with van der Waals surface area (Å²) in [6.07, 6.45) is 0.998. The van der Waals surface area contributed by atoms with Crippen LogP contribution in [-0.4, -0.2) is 15.6 Å². The third kappa shape index (κ3) is 2.10. The lowest BCUT2D eigenvalue weighted by Crippen LogP contribution is -1.98. The lowest BCUT2D eigenvalue weighted by atomic mass is 10.0. The van der Waals surface area contributed by atoms with E-state index in [2.05, 4.69) is 36.3 Å². The maximum absolute atomic E-state index is 11.6. The molecule has 0 bridgehead atoms. The molecule has 1 heterocycles. The van der Waals surface area contributed by atoms with Gasteiger partial charge in [-0.05, 0) is 43.2 Å². The molecule has 3 aromatic rings. The van der Waals surface area contributed by atoms with E-state index >= 15 is 0 Å². The summed E-state index contributed by atoms with van der Waals surface area (Å²) in [6.45, 7) is 8.95. The second-order valence-corrected chi connectivity index (χ2v) is 5.67. The van der Waals surface area contributed by atoms with E-state index < -0.39 is 5.97 Å². The lowest BCUT2D eigenvalue weighted by molar-refractivity contribution is 0.0699. The number of hydrogen-bond acceptors (Lipinski definition) is 1. The monoisotopic (exact) mass is 293 g/mol. The van der Waals surface area contributed by atoms with Gasteiger partial charge in [-0.25, -0.2) is 4.79 Å². The Morgan fingerprint density at radius 3 is 2.64 bits per heavy atom.